The first-order valence-electron chi connectivity index (χ1n) is 7.29. The molecule has 118 valence electrons. The van der Waals surface area contributed by atoms with Gasteiger partial charge in [0.2, 0.25) is 0 Å². The van der Waals surface area contributed by atoms with Gasteiger partial charge in [-0.3, -0.25) is 0 Å². The van der Waals surface area contributed by atoms with Crippen molar-refractivity contribution in [3.63, 3.8) is 0 Å². The summed E-state index contributed by atoms with van der Waals surface area (Å²) in [5.41, 5.74) is 1.64. The summed E-state index contributed by atoms with van der Waals surface area (Å²) in [5.74, 6) is 0. The highest BCUT2D eigenvalue weighted by atomic mass is 35.5. The number of carbonyl (C=O) groups excluding carboxylic acids is 1. The van der Waals surface area contributed by atoms with Crippen molar-refractivity contribution in [2.24, 2.45) is 0 Å². The van der Waals surface area contributed by atoms with Crippen LogP contribution in [0.25, 0.3) is 0 Å². The number of ether oxygens (including phenoxy) is 1. The molecule has 0 radical (unpaired) electrons. The minimum atomic E-state index is -0.839. The van der Waals surface area contributed by atoms with Crippen molar-refractivity contribution >= 4 is 17.7 Å². The SMILES string of the molecule is C[C@@H](O)[C@H](OC(=O)NCc1ccccc1)C1=C(Cl)CCC=C1. The third kappa shape index (κ3) is 4.61. The quantitative estimate of drug-likeness (QED) is 0.872. The van der Waals surface area contributed by atoms with Crippen molar-refractivity contribution in [2.45, 2.75) is 38.5 Å². The first-order valence-corrected chi connectivity index (χ1v) is 7.67. The Morgan fingerprint density at radius 3 is 2.77 bits per heavy atom. The zero-order valence-electron chi connectivity index (χ0n) is 12.5. The van der Waals surface area contributed by atoms with Crippen molar-refractivity contribution in [1.82, 2.24) is 5.32 Å². The Hall–Kier alpha value is -1.78. The van der Waals surface area contributed by atoms with Crippen LogP contribution in [0.5, 0.6) is 0 Å². The molecule has 2 N–H and O–H groups in total. The van der Waals surface area contributed by atoms with E-state index in [-0.39, 0.29) is 0 Å². The molecule has 22 heavy (non-hydrogen) atoms. The van der Waals surface area contributed by atoms with Gasteiger partial charge >= 0.3 is 6.09 Å². The van der Waals surface area contributed by atoms with Crippen LogP contribution in [0.15, 0.2) is 53.1 Å². The highest BCUT2D eigenvalue weighted by molar-refractivity contribution is 6.30. The molecular weight excluding hydrogens is 302 g/mol. The lowest BCUT2D eigenvalue weighted by molar-refractivity contribution is 0.0328. The van der Waals surface area contributed by atoms with Crippen molar-refractivity contribution < 1.29 is 14.6 Å². The molecule has 0 bridgehead atoms. The first-order chi connectivity index (χ1) is 10.6. The zero-order chi connectivity index (χ0) is 15.9. The standard InChI is InChI=1S/C17H20ClNO3/c1-12(20)16(14-9-5-6-10-15(14)18)22-17(21)19-11-13-7-3-2-4-8-13/h2-5,7-9,12,16,20H,6,10-11H2,1H3,(H,19,21)/t12-,16+/m1/s1. The molecule has 5 heteroatoms. The van der Waals surface area contributed by atoms with Crippen LogP contribution in [0.3, 0.4) is 0 Å². The summed E-state index contributed by atoms with van der Waals surface area (Å²) in [6.07, 6.45) is 3.15. The molecule has 0 aromatic heterocycles. The second-order valence-corrected chi connectivity index (χ2v) is 5.66. The van der Waals surface area contributed by atoms with E-state index in [1.807, 2.05) is 42.5 Å². The van der Waals surface area contributed by atoms with Gasteiger partial charge in [0.25, 0.3) is 0 Å². The van der Waals surface area contributed by atoms with Gasteiger partial charge in [-0.2, -0.15) is 0 Å². The second-order valence-electron chi connectivity index (χ2n) is 5.21. The van der Waals surface area contributed by atoms with E-state index in [1.54, 1.807) is 6.92 Å². The van der Waals surface area contributed by atoms with E-state index in [4.69, 9.17) is 16.3 Å². The van der Waals surface area contributed by atoms with E-state index in [0.29, 0.717) is 23.6 Å². The lowest BCUT2D eigenvalue weighted by Gasteiger charge is -2.24. The number of allylic oxidation sites excluding steroid dienone is 2. The Morgan fingerprint density at radius 2 is 2.14 bits per heavy atom. The number of rotatable bonds is 5. The number of halogens is 1. The number of hydrogen-bond acceptors (Lipinski definition) is 3. The molecule has 0 saturated heterocycles. The fourth-order valence-corrected chi connectivity index (χ4v) is 2.53. The van der Waals surface area contributed by atoms with Crippen LogP contribution in [-0.4, -0.2) is 23.4 Å². The molecule has 0 fully saturated rings. The number of nitrogens with one attached hydrogen (secondary N) is 1. The van der Waals surface area contributed by atoms with Crippen molar-refractivity contribution in [3.05, 3.63) is 58.7 Å². The Morgan fingerprint density at radius 1 is 1.41 bits per heavy atom. The average molecular weight is 322 g/mol. The van der Waals surface area contributed by atoms with E-state index >= 15 is 0 Å². The van der Waals surface area contributed by atoms with Gasteiger partial charge in [0.1, 0.15) is 0 Å². The van der Waals surface area contributed by atoms with Crippen LogP contribution in [-0.2, 0) is 11.3 Å². The van der Waals surface area contributed by atoms with Crippen molar-refractivity contribution in [2.75, 3.05) is 0 Å². The lowest BCUT2D eigenvalue weighted by atomic mass is 9.99. The number of aliphatic hydroxyl groups is 1. The van der Waals surface area contributed by atoms with E-state index < -0.39 is 18.3 Å². The first kappa shape index (κ1) is 16.6. The third-order valence-electron chi connectivity index (χ3n) is 3.40. The summed E-state index contributed by atoms with van der Waals surface area (Å²) in [6, 6.07) is 9.54. The van der Waals surface area contributed by atoms with Gasteiger partial charge in [-0.1, -0.05) is 54.1 Å². The summed E-state index contributed by atoms with van der Waals surface area (Å²) in [7, 11) is 0. The van der Waals surface area contributed by atoms with Crippen LogP contribution < -0.4 is 5.32 Å². The molecule has 1 aliphatic rings. The van der Waals surface area contributed by atoms with Gasteiger partial charge in [-0.25, -0.2) is 4.79 Å². The second kappa shape index (κ2) is 8.01. The topological polar surface area (TPSA) is 58.6 Å². The maximum Gasteiger partial charge on any atom is 0.408 e. The van der Waals surface area contributed by atoms with Gasteiger partial charge in [0, 0.05) is 17.2 Å². The van der Waals surface area contributed by atoms with Crippen LogP contribution in [0.1, 0.15) is 25.3 Å². The molecule has 4 nitrogen and oxygen atoms in total. The van der Waals surface area contributed by atoms with Gasteiger partial charge in [-0.15, -0.1) is 0 Å². The van der Waals surface area contributed by atoms with Crippen LogP contribution in [0, 0.1) is 0 Å². The maximum absolute atomic E-state index is 11.9. The Labute approximate surface area is 135 Å². The van der Waals surface area contributed by atoms with Gasteiger partial charge in [-0.05, 0) is 25.3 Å². The average Bonchev–Trinajstić information content (AvgIpc) is 2.52. The predicted octanol–water partition coefficient (Wildman–Crippen LogP) is 3.51. The number of aliphatic hydroxyl groups excluding tert-OH is 1. The fourth-order valence-electron chi connectivity index (χ4n) is 2.25. The fraction of sp³-hybridized carbons (Fsp3) is 0.353. The molecule has 1 aromatic rings. The lowest BCUT2D eigenvalue weighted by Crippen LogP contribution is -2.36. The molecule has 1 amide bonds. The van der Waals surface area contributed by atoms with E-state index in [2.05, 4.69) is 5.32 Å². The highest BCUT2D eigenvalue weighted by Gasteiger charge is 2.26. The predicted molar refractivity (Wildman–Crippen MR) is 86.5 cm³/mol. The normalized spacial score (nSPS) is 17.0. The van der Waals surface area contributed by atoms with Crippen LogP contribution >= 0.6 is 11.6 Å². The van der Waals surface area contributed by atoms with Crippen LogP contribution in [0.2, 0.25) is 0 Å². The molecule has 0 heterocycles. The maximum atomic E-state index is 11.9. The molecule has 2 atom stereocenters. The Kier molecular flexibility index (Phi) is 6.04. The van der Waals surface area contributed by atoms with Crippen molar-refractivity contribution in [3.8, 4) is 0 Å². The molecule has 0 unspecified atom stereocenters. The molecular formula is C17H20ClNO3. The van der Waals surface area contributed by atoms with E-state index in [0.717, 1.165) is 12.0 Å². The molecule has 2 rings (SSSR count). The van der Waals surface area contributed by atoms with Gasteiger partial charge in [0.05, 0.1) is 6.10 Å². The monoisotopic (exact) mass is 321 g/mol. The molecule has 1 aromatic carbocycles. The number of hydrogen-bond donors (Lipinski definition) is 2. The largest absolute Gasteiger partial charge is 0.439 e. The van der Waals surface area contributed by atoms with E-state index in [1.165, 1.54) is 0 Å². The van der Waals surface area contributed by atoms with Crippen molar-refractivity contribution in [1.29, 1.82) is 0 Å². The summed E-state index contributed by atoms with van der Waals surface area (Å²) in [4.78, 5) is 11.9. The Bertz CT molecular complexity index is 567. The van der Waals surface area contributed by atoms with Gasteiger partial charge < -0.3 is 15.2 Å². The van der Waals surface area contributed by atoms with Gasteiger partial charge in [0.15, 0.2) is 6.10 Å². The number of benzene rings is 1. The summed E-state index contributed by atoms with van der Waals surface area (Å²) >= 11 is 6.18. The third-order valence-corrected chi connectivity index (χ3v) is 3.81. The highest BCUT2D eigenvalue weighted by Crippen LogP contribution is 2.27. The molecule has 0 spiro atoms. The minimum absolute atomic E-state index is 0.370. The molecule has 0 aliphatic heterocycles. The molecule has 1 aliphatic carbocycles. The summed E-state index contributed by atoms with van der Waals surface area (Å²) in [5, 5.41) is 13.2. The number of amides is 1. The zero-order valence-corrected chi connectivity index (χ0v) is 13.2. The smallest absolute Gasteiger partial charge is 0.408 e. The van der Waals surface area contributed by atoms with Crippen LogP contribution in [0.4, 0.5) is 4.79 Å². The molecule has 0 saturated carbocycles. The number of alkyl carbamates (subject to hydrolysis) is 1. The van der Waals surface area contributed by atoms with E-state index in [9.17, 15) is 9.90 Å². The Balaban J connectivity index is 1.96. The minimum Gasteiger partial charge on any atom is -0.439 e. The number of carbonyl (C=O) groups is 1. The summed E-state index contributed by atoms with van der Waals surface area (Å²) in [6.45, 7) is 1.95. The summed E-state index contributed by atoms with van der Waals surface area (Å²) < 4.78 is 5.35.